The average Bonchev–Trinajstić information content (AvgIpc) is 3.66. The van der Waals surface area contributed by atoms with Crippen molar-refractivity contribution < 1.29 is 42.2 Å². The molecule has 0 saturated heterocycles. The summed E-state index contributed by atoms with van der Waals surface area (Å²) < 4.78 is 37.1. The summed E-state index contributed by atoms with van der Waals surface area (Å²) in [7, 11) is 0. The molecule has 15 nitrogen and oxygen atoms in total. The second-order valence-electron chi connectivity index (χ2n) is 13.6. The Morgan fingerprint density at radius 2 is 1.59 bits per heavy atom. The molecule has 1 fully saturated rings. The van der Waals surface area contributed by atoms with Gasteiger partial charge in [0.05, 0.1) is 0 Å². The molecule has 1 aliphatic rings. The number of tetrazole rings is 1. The second kappa shape index (κ2) is 17.6. The van der Waals surface area contributed by atoms with E-state index in [1.807, 2.05) is 57.2 Å². The molecule has 5 rings (SSSR count). The van der Waals surface area contributed by atoms with Crippen molar-refractivity contribution in [3.63, 3.8) is 0 Å². The molecule has 1 atom stereocenters. The summed E-state index contributed by atoms with van der Waals surface area (Å²) in [6, 6.07) is 17.5. The molecule has 0 bridgehead atoms. The van der Waals surface area contributed by atoms with Crippen LogP contribution in [0, 0.1) is 11.8 Å². The second-order valence-corrected chi connectivity index (χ2v) is 13.6. The van der Waals surface area contributed by atoms with Gasteiger partial charge in [0, 0.05) is 41.9 Å². The van der Waals surface area contributed by atoms with Crippen LogP contribution in [0.25, 0.3) is 22.5 Å². The highest BCUT2D eigenvalue weighted by molar-refractivity contribution is 6.01. The molecule has 2 aromatic carbocycles. The highest BCUT2D eigenvalue weighted by atomic mass is 19.4. The number of alkyl carbamates (subject to hydrolysis) is 1. The maximum Gasteiger partial charge on any atom is 0.490 e. The number of anilines is 2. The first-order valence-electron chi connectivity index (χ1n) is 17.0. The highest BCUT2D eigenvalue weighted by Crippen LogP contribution is 2.33. The minimum atomic E-state index is -5.08. The monoisotopic (exact) mass is 753 g/mol. The Morgan fingerprint density at radius 3 is 2.11 bits per heavy atom. The first-order valence-corrected chi connectivity index (χ1v) is 17.0. The first-order chi connectivity index (χ1) is 25.4. The number of ether oxygens (including phenoxy) is 1. The number of carbonyl (C=O) groups excluding carboxylic acids is 3. The third-order valence-corrected chi connectivity index (χ3v) is 8.53. The van der Waals surface area contributed by atoms with Crippen LogP contribution in [0.2, 0.25) is 0 Å². The Hall–Kier alpha value is -6.07. The fourth-order valence-corrected chi connectivity index (χ4v) is 5.89. The van der Waals surface area contributed by atoms with E-state index < -0.39 is 35.8 Å². The number of hydrogen-bond acceptors (Lipinski definition) is 10. The zero-order chi connectivity index (χ0) is 39.6. The van der Waals surface area contributed by atoms with Crippen LogP contribution in [0.15, 0.2) is 66.9 Å². The van der Waals surface area contributed by atoms with Crippen LogP contribution in [0.1, 0.15) is 52.0 Å². The Morgan fingerprint density at radius 1 is 0.981 bits per heavy atom. The van der Waals surface area contributed by atoms with Gasteiger partial charge in [-0.2, -0.15) is 18.4 Å². The number of nitrogens with zero attached hydrogens (tertiary/aromatic N) is 5. The number of amides is 3. The number of benzene rings is 2. The molecule has 0 aliphatic heterocycles. The summed E-state index contributed by atoms with van der Waals surface area (Å²) in [5.74, 6) is -2.81. The van der Waals surface area contributed by atoms with Gasteiger partial charge in [0.2, 0.25) is 17.6 Å². The van der Waals surface area contributed by atoms with Crippen molar-refractivity contribution in [2.45, 2.75) is 70.7 Å². The van der Waals surface area contributed by atoms with Crippen LogP contribution in [0.4, 0.5) is 29.5 Å². The van der Waals surface area contributed by atoms with E-state index in [0.717, 1.165) is 29.5 Å². The van der Waals surface area contributed by atoms with Crippen molar-refractivity contribution in [2.24, 2.45) is 17.6 Å². The number of pyridine rings is 1. The number of rotatable bonds is 10. The number of primary amides is 1. The van der Waals surface area contributed by atoms with Gasteiger partial charge in [0.1, 0.15) is 17.5 Å². The molecule has 1 saturated carbocycles. The van der Waals surface area contributed by atoms with Gasteiger partial charge >= 0.3 is 18.2 Å². The summed E-state index contributed by atoms with van der Waals surface area (Å²) >= 11 is 0. The summed E-state index contributed by atoms with van der Waals surface area (Å²) in [4.78, 5) is 54.2. The molecule has 4 aromatic rings. The van der Waals surface area contributed by atoms with Gasteiger partial charge in [-0.25, -0.2) is 14.6 Å². The van der Waals surface area contributed by atoms with Gasteiger partial charge < -0.3 is 26.6 Å². The van der Waals surface area contributed by atoms with E-state index >= 15 is 0 Å². The zero-order valence-electron chi connectivity index (χ0n) is 29.8. The third kappa shape index (κ3) is 11.5. The number of hydrogen-bond donors (Lipinski definition) is 5. The van der Waals surface area contributed by atoms with Crippen molar-refractivity contribution in [2.75, 3.05) is 17.2 Å². The number of aromatic nitrogens is 5. The molecule has 7 N–H and O–H groups in total. The van der Waals surface area contributed by atoms with E-state index in [0.29, 0.717) is 42.3 Å². The summed E-state index contributed by atoms with van der Waals surface area (Å²) in [5.41, 5.74) is 15.3. The molecule has 2 heterocycles. The van der Waals surface area contributed by atoms with E-state index in [2.05, 4.69) is 30.9 Å². The lowest BCUT2D eigenvalue weighted by atomic mass is 9.81. The molecule has 3 amide bonds. The molecule has 18 heteroatoms. The number of aliphatic carboxylic acids is 1. The number of H-pyrrole nitrogens is 1. The number of nitrogens with one attached hydrogen (secondary N) is 2. The summed E-state index contributed by atoms with van der Waals surface area (Å²) in [6.45, 7) is 5.94. The fraction of sp³-hybridized carbons (Fsp3) is 0.389. The molecule has 288 valence electrons. The van der Waals surface area contributed by atoms with E-state index in [1.165, 1.54) is 0 Å². The lowest BCUT2D eigenvalue weighted by Crippen LogP contribution is -2.52. The molecule has 0 radical (unpaired) electrons. The van der Waals surface area contributed by atoms with E-state index in [1.54, 1.807) is 35.4 Å². The Balaban J connectivity index is 0.000000845. The van der Waals surface area contributed by atoms with Crippen LogP contribution in [-0.4, -0.2) is 79.0 Å². The van der Waals surface area contributed by atoms with Crippen molar-refractivity contribution in [3.8, 4) is 22.5 Å². The predicted octanol–water partition coefficient (Wildman–Crippen LogP) is 4.90. The van der Waals surface area contributed by atoms with E-state index in [4.69, 9.17) is 26.1 Å². The van der Waals surface area contributed by atoms with E-state index in [9.17, 15) is 27.6 Å². The third-order valence-electron chi connectivity index (χ3n) is 8.53. The molecule has 0 unspecified atom stereocenters. The Labute approximate surface area is 308 Å². The Kier molecular flexibility index (Phi) is 13.3. The molecule has 1 aliphatic carbocycles. The maximum absolute atomic E-state index is 14.3. The smallest absolute Gasteiger partial charge is 0.475 e. The SMILES string of the molecule is CC(C)(C)OC(=O)NC[C@H]1CC[C@H](C(=O)N(c2ccc(-c3nn[nH]n3)cc2)[C@@H](Cc2ccc(-c3cccnc3N)cc2)C(N)=O)CC1.O=C(O)C(F)(F)F. The van der Waals surface area contributed by atoms with Gasteiger partial charge in [-0.15, -0.1) is 10.2 Å². The van der Waals surface area contributed by atoms with Crippen molar-refractivity contribution >= 4 is 35.4 Å². The fourth-order valence-electron chi connectivity index (χ4n) is 5.89. The molecule has 2 aromatic heterocycles. The normalized spacial score (nSPS) is 16.3. The number of carbonyl (C=O) groups is 4. The van der Waals surface area contributed by atoms with Crippen LogP contribution in [-0.2, 0) is 25.5 Å². The maximum atomic E-state index is 14.3. The van der Waals surface area contributed by atoms with Crippen molar-refractivity contribution in [3.05, 3.63) is 72.4 Å². The predicted molar refractivity (Wildman–Crippen MR) is 191 cm³/mol. The number of aromatic amines is 1. The molecular weight excluding hydrogens is 711 g/mol. The number of carboxylic acids is 1. The van der Waals surface area contributed by atoms with Gasteiger partial charge in [0.15, 0.2) is 0 Å². The molecular formula is C36H42F3N9O6. The molecule has 0 spiro atoms. The van der Waals surface area contributed by atoms with Gasteiger partial charge in [-0.1, -0.05) is 24.3 Å². The average molecular weight is 754 g/mol. The van der Waals surface area contributed by atoms with Gasteiger partial charge in [-0.05, 0) is 105 Å². The number of carboxylic acid groups (broad SMARTS) is 1. The largest absolute Gasteiger partial charge is 0.490 e. The van der Waals surface area contributed by atoms with Crippen LogP contribution < -0.4 is 21.7 Å². The standard InChI is InChI=1S/C34H41N9O4.C2HF3O2/c1-34(2,3)47-33(46)38-20-22-8-12-25(13-9-22)32(45)43(26-16-14-24(15-17-26)31-39-41-42-40-31)28(30(36)44)19-21-6-10-23(11-7-21)27-5-4-18-37-29(27)35;3-2(4,5)1(6)7/h4-7,10-11,14-18,22,25,28H,8-9,12-13,19-20H2,1-3H3,(H2,35,37)(H2,36,44)(H,38,46)(H,39,40,41,42);(H,6,7)/t22-,25-,28-;/m0./s1. The molecule has 54 heavy (non-hydrogen) atoms. The number of nitrogens with two attached hydrogens (primary N) is 2. The van der Waals surface area contributed by atoms with Crippen LogP contribution >= 0.6 is 0 Å². The number of halogens is 3. The summed E-state index contributed by atoms with van der Waals surface area (Å²) in [6.07, 6.45) is -0.960. The quantitative estimate of drug-likeness (QED) is 0.146. The highest BCUT2D eigenvalue weighted by Gasteiger charge is 2.38. The van der Waals surface area contributed by atoms with Crippen LogP contribution in [0.3, 0.4) is 0 Å². The van der Waals surface area contributed by atoms with Crippen LogP contribution in [0.5, 0.6) is 0 Å². The van der Waals surface area contributed by atoms with Crippen molar-refractivity contribution in [1.29, 1.82) is 0 Å². The topological polar surface area (TPSA) is 232 Å². The van der Waals surface area contributed by atoms with Crippen molar-refractivity contribution in [1.82, 2.24) is 30.9 Å². The number of alkyl halides is 3. The minimum absolute atomic E-state index is 0.167. The summed E-state index contributed by atoms with van der Waals surface area (Å²) in [5, 5.41) is 24.1. The lowest BCUT2D eigenvalue weighted by Gasteiger charge is -2.36. The first kappa shape index (κ1) is 40.7. The minimum Gasteiger partial charge on any atom is -0.475 e. The Bertz CT molecular complexity index is 1880. The number of nitrogen functional groups attached to an aromatic ring is 1. The van der Waals surface area contributed by atoms with Gasteiger partial charge in [0.25, 0.3) is 0 Å². The zero-order valence-corrected chi connectivity index (χ0v) is 29.8. The van der Waals surface area contributed by atoms with E-state index in [-0.39, 0.29) is 24.2 Å². The lowest BCUT2D eigenvalue weighted by molar-refractivity contribution is -0.192. The van der Waals surface area contributed by atoms with Gasteiger partial charge in [-0.3, -0.25) is 14.5 Å².